The number of hydrogen-bond acceptors (Lipinski definition) is 10. The number of oxazole rings is 1. The Kier molecular flexibility index (Phi) is 8.96. The molecule has 0 saturated carbocycles. The summed E-state index contributed by atoms with van der Waals surface area (Å²) >= 11 is 14.2. The second-order valence-corrected chi connectivity index (χ2v) is 15.1. The standard InChI is InChI=1S/C41H35Cl2N7O4/c42-35-27(28-4-2-6-32(36(28)43)47-39-37-23(9-12-45-39)15-22(18-46-37)19-49-13-11-25(51)21-49)3-1-5-29(35)40-48-33-16-30-26(31(17-44)38(33)54-40)7-8-34(30)50-14-10-24(20-50)41(52)53/h1-6,9,12,15-16,18,24-25,34,51H,7-8,10-11,13-14,19-21H2,(H,45,47)(H,52,53)/t24-,25-,34?/m1/s1. The number of nitriles is 1. The number of aliphatic hydroxyl groups excluding tert-OH is 1. The number of aliphatic carboxylic acids is 1. The molecule has 13 heteroatoms. The van der Waals surface area contributed by atoms with Gasteiger partial charge < -0.3 is 19.9 Å². The Morgan fingerprint density at radius 3 is 2.59 bits per heavy atom. The quantitative estimate of drug-likeness (QED) is 0.139. The fourth-order valence-electron chi connectivity index (χ4n) is 8.38. The van der Waals surface area contributed by atoms with Crippen LogP contribution in [0.25, 0.3) is 44.6 Å². The number of pyridine rings is 2. The lowest BCUT2D eigenvalue weighted by Crippen LogP contribution is -2.26. The molecule has 0 spiro atoms. The molecule has 272 valence electrons. The maximum atomic E-state index is 11.6. The maximum absolute atomic E-state index is 11.6. The predicted octanol–water partition coefficient (Wildman–Crippen LogP) is 7.99. The van der Waals surface area contributed by atoms with E-state index < -0.39 is 5.97 Å². The third kappa shape index (κ3) is 6.14. The molecule has 3 atom stereocenters. The summed E-state index contributed by atoms with van der Waals surface area (Å²) in [7, 11) is 0. The molecule has 2 aliphatic heterocycles. The van der Waals surface area contributed by atoms with E-state index in [2.05, 4.69) is 32.2 Å². The summed E-state index contributed by atoms with van der Waals surface area (Å²) in [5.41, 5.74) is 7.72. The first-order valence-corrected chi connectivity index (χ1v) is 18.8. The molecule has 1 unspecified atom stereocenters. The number of carboxylic acid groups (broad SMARTS) is 1. The van der Waals surface area contributed by atoms with Crippen LogP contribution < -0.4 is 5.32 Å². The number of aromatic nitrogens is 3. The smallest absolute Gasteiger partial charge is 0.307 e. The molecule has 2 fully saturated rings. The van der Waals surface area contributed by atoms with E-state index in [1.165, 1.54) is 0 Å². The normalized spacial score (nSPS) is 20.1. The Bertz CT molecular complexity index is 2520. The molecule has 0 bridgehead atoms. The van der Waals surface area contributed by atoms with Crippen molar-refractivity contribution in [3.63, 3.8) is 0 Å². The van der Waals surface area contributed by atoms with Gasteiger partial charge in [-0.15, -0.1) is 0 Å². The van der Waals surface area contributed by atoms with Crippen molar-refractivity contribution in [2.45, 2.75) is 44.4 Å². The van der Waals surface area contributed by atoms with Gasteiger partial charge in [-0.2, -0.15) is 5.26 Å². The summed E-state index contributed by atoms with van der Waals surface area (Å²) in [5.74, 6) is -0.292. The van der Waals surface area contributed by atoms with Crippen LogP contribution in [0, 0.1) is 17.2 Å². The minimum absolute atomic E-state index is 0.0314. The number of benzene rings is 3. The van der Waals surface area contributed by atoms with Crippen LogP contribution in [0.2, 0.25) is 10.0 Å². The number of halogens is 2. The summed E-state index contributed by atoms with van der Waals surface area (Å²) in [6, 6.07) is 19.7. The number of carboxylic acids is 1. The largest absolute Gasteiger partial charge is 0.481 e. The lowest BCUT2D eigenvalue weighted by atomic mass is 10.0. The van der Waals surface area contributed by atoms with E-state index in [4.69, 9.17) is 37.6 Å². The predicted molar refractivity (Wildman–Crippen MR) is 207 cm³/mol. The minimum Gasteiger partial charge on any atom is -0.481 e. The van der Waals surface area contributed by atoms with Crippen molar-refractivity contribution in [2.24, 2.45) is 5.92 Å². The second kappa shape index (κ2) is 14.0. The van der Waals surface area contributed by atoms with Crippen LogP contribution in [-0.4, -0.2) is 73.2 Å². The highest BCUT2D eigenvalue weighted by molar-refractivity contribution is 6.39. The molecule has 11 nitrogen and oxygen atoms in total. The van der Waals surface area contributed by atoms with Gasteiger partial charge in [0, 0.05) is 61.1 Å². The number of likely N-dealkylation sites (tertiary alicyclic amines) is 2. The Balaban J connectivity index is 1.01. The number of hydrogen-bond donors (Lipinski definition) is 3. The summed E-state index contributed by atoms with van der Waals surface area (Å²) < 4.78 is 6.32. The number of carbonyl (C=O) groups is 1. The molecule has 0 radical (unpaired) electrons. The Labute approximate surface area is 320 Å². The van der Waals surface area contributed by atoms with Crippen LogP contribution in [0.3, 0.4) is 0 Å². The highest BCUT2D eigenvalue weighted by Crippen LogP contribution is 2.45. The maximum Gasteiger partial charge on any atom is 0.307 e. The molecule has 54 heavy (non-hydrogen) atoms. The van der Waals surface area contributed by atoms with E-state index in [1.807, 2.05) is 54.7 Å². The van der Waals surface area contributed by atoms with Crippen molar-refractivity contribution in [3.05, 3.63) is 99.3 Å². The van der Waals surface area contributed by atoms with E-state index >= 15 is 0 Å². The first-order valence-electron chi connectivity index (χ1n) is 18.1. The zero-order valence-electron chi connectivity index (χ0n) is 29.1. The third-order valence-corrected chi connectivity index (χ3v) is 11.9. The van der Waals surface area contributed by atoms with Crippen LogP contribution in [0.1, 0.15) is 47.6 Å². The molecular weight excluding hydrogens is 725 g/mol. The van der Waals surface area contributed by atoms with Gasteiger partial charge in [0.2, 0.25) is 5.89 Å². The van der Waals surface area contributed by atoms with Crippen LogP contribution in [0.15, 0.2) is 71.4 Å². The van der Waals surface area contributed by atoms with Crippen molar-refractivity contribution in [1.82, 2.24) is 24.8 Å². The first kappa shape index (κ1) is 34.7. The summed E-state index contributed by atoms with van der Waals surface area (Å²) in [4.78, 5) is 30.3. The van der Waals surface area contributed by atoms with Gasteiger partial charge >= 0.3 is 5.97 Å². The van der Waals surface area contributed by atoms with E-state index in [9.17, 15) is 20.3 Å². The van der Waals surface area contributed by atoms with Crippen LogP contribution in [0.5, 0.6) is 0 Å². The molecule has 3 aliphatic rings. The fraction of sp³-hybridized carbons (Fsp3) is 0.293. The molecule has 2 saturated heterocycles. The van der Waals surface area contributed by atoms with E-state index in [-0.39, 0.29) is 24.0 Å². The second-order valence-electron chi connectivity index (χ2n) is 14.4. The zero-order valence-corrected chi connectivity index (χ0v) is 30.6. The van der Waals surface area contributed by atoms with Crippen molar-refractivity contribution in [3.8, 4) is 28.7 Å². The SMILES string of the molecule is N#Cc1c2c(cc3nc(-c4cccc(-c5cccc(Nc6nccc7cc(CN8CC[C@@H](O)C8)cnc67)c5Cl)c4Cl)oc13)C(N1CC[C@@H](C(=O)O)C1)CC2. The number of β-amino-alcohol motifs (C(OH)–C–C–N with tert-alkyl or cyclic N) is 1. The number of rotatable bonds is 8. The topological polar surface area (TPSA) is 152 Å². The molecule has 1 aliphatic carbocycles. The highest BCUT2D eigenvalue weighted by atomic mass is 35.5. The monoisotopic (exact) mass is 759 g/mol. The van der Waals surface area contributed by atoms with Gasteiger partial charge in [0.05, 0.1) is 33.3 Å². The highest BCUT2D eigenvalue weighted by Gasteiger charge is 2.37. The zero-order chi connectivity index (χ0) is 37.1. The molecule has 6 aromatic rings. The van der Waals surface area contributed by atoms with Gasteiger partial charge in [0.15, 0.2) is 11.4 Å². The first-order chi connectivity index (χ1) is 26.2. The molecule has 3 aromatic heterocycles. The van der Waals surface area contributed by atoms with Crippen molar-refractivity contribution < 1.29 is 19.4 Å². The lowest BCUT2D eigenvalue weighted by molar-refractivity contribution is -0.141. The molecular formula is C41H35Cl2N7O4. The number of aliphatic hydroxyl groups is 1. The van der Waals surface area contributed by atoms with Gasteiger partial charge in [-0.05, 0) is 79.3 Å². The van der Waals surface area contributed by atoms with Crippen molar-refractivity contribution in [2.75, 3.05) is 31.5 Å². The third-order valence-electron chi connectivity index (χ3n) is 11.1. The van der Waals surface area contributed by atoms with Gasteiger partial charge in [0.1, 0.15) is 22.7 Å². The van der Waals surface area contributed by atoms with Gasteiger partial charge in [-0.25, -0.2) is 9.97 Å². The fourth-order valence-corrected chi connectivity index (χ4v) is 8.96. The number of nitrogens with one attached hydrogen (secondary N) is 1. The van der Waals surface area contributed by atoms with Crippen LogP contribution in [-0.2, 0) is 17.8 Å². The average molecular weight is 761 g/mol. The number of fused-ring (bicyclic) bond motifs is 3. The van der Waals surface area contributed by atoms with Crippen molar-refractivity contribution in [1.29, 1.82) is 5.26 Å². The summed E-state index contributed by atoms with van der Waals surface area (Å²) in [5, 5.41) is 34.9. The number of anilines is 2. The summed E-state index contributed by atoms with van der Waals surface area (Å²) in [6.45, 7) is 3.45. The molecule has 3 aromatic carbocycles. The molecule has 5 heterocycles. The van der Waals surface area contributed by atoms with Gasteiger partial charge in [-0.3, -0.25) is 19.6 Å². The molecule has 9 rings (SSSR count). The van der Waals surface area contributed by atoms with Crippen LogP contribution >= 0.6 is 23.2 Å². The Hall–Kier alpha value is -5.09. The van der Waals surface area contributed by atoms with E-state index in [1.54, 1.807) is 6.20 Å². The lowest BCUT2D eigenvalue weighted by Gasteiger charge is -2.24. The van der Waals surface area contributed by atoms with E-state index in [0.717, 1.165) is 48.0 Å². The van der Waals surface area contributed by atoms with Crippen molar-refractivity contribution >= 4 is 62.7 Å². The van der Waals surface area contributed by atoms with Crippen LogP contribution in [0.4, 0.5) is 11.5 Å². The Morgan fingerprint density at radius 1 is 1.00 bits per heavy atom. The van der Waals surface area contributed by atoms with E-state index in [0.29, 0.717) is 92.9 Å². The summed E-state index contributed by atoms with van der Waals surface area (Å²) in [6.07, 6.45) is 6.24. The van der Waals surface area contributed by atoms with Gasteiger partial charge in [0.25, 0.3) is 0 Å². The molecule has 3 N–H and O–H groups in total. The Morgan fingerprint density at radius 2 is 1.81 bits per heavy atom. The number of nitrogens with zero attached hydrogens (tertiary/aromatic N) is 6. The minimum atomic E-state index is -0.766. The average Bonchev–Trinajstić information content (AvgIpc) is 3.99. The molecule has 0 amide bonds. The van der Waals surface area contributed by atoms with Gasteiger partial charge in [-0.1, -0.05) is 47.5 Å².